The fourth-order valence-corrected chi connectivity index (χ4v) is 8.78. The lowest BCUT2D eigenvalue weighted by molar-refractivity contribution is 0.795. The molecule has 5 nitrogen and oxygen atoms in total. The van der Waals surface area contributed by atoms with E-state index < -0.39 is 0 Å². The third-order valence-corrected chi connectivity index (χ3v) is 11.7. The van der Waals surface area contributed by atoms with Crippen molar-refractivity contribution in [1.82, 2.24) is 24.1 Å². The summed E-state index contributed by atoms with van der Waals surface area (Å²) in [5.41, 5.74) is 13.2. The van der Waals surface area contributed by atoms with Gasteiger partial charge in [0.05, 0.1) is 22.1 Å². The molecule has 0 aliphatic carbocycles. The number of rotatable bonds is 9. The number of hydrogen-bond donors (Lipinski definition) is 0. The maximum atomic E-state index is 5.43. The maximum absolute atomic E-state index is 5.43. The molecule has 0 aliphatic rings. The maximum Gasteiger partial charge on any atom is 0.238 e. The molecular weight excluding hydrogens is 731 g/mol. The molecule has 8 aromatic carbocycles. The molecule has 11 aromatic rings. The van der Waals surface area contributed by atoms with E-state index in [2.05, 4.69) is 192 Å². The van der Waals surface area contributed by atoms with E-state index in [9.17, 15) is 0 Å². The molecule has 0 unspecified atom stereocenters. The molecule has 0 amide bonds. The molecule has 0 saturated carbocycles. The second-order valence-corrected chi connectivity index (χ2v) is 15.5. The molecule has 0 spiro atoms. The largest absolute Gasteiger partial charge is 0.309 e. The van der Waals surface area contributed by atoms with Crippen LogP contribution in [-0.2, 0) is 6.42 Å². The van der Waals surface area contributed by atoms with Gasteiger partial charge in [-0.25, -0.2) is 4.98 Å². The van der Waals surface area contributed by atoms with Gasteiger partial charge in [0.25, 0.3) is 0 Å². The molecule has 0 N–H and O–H groups in total. The Hall–Kier alpha value is -7.63. The van der Waals surface area contributed by atoms with Crippen LogP contribution in [0.1, 0.15) is 25.3 Å². The van der Waals surface area contributed by atoms with E-state index in [4.69, 9.17) is 15.0 Å². The first kappa shape index (κ1) is 35.5. The predicted octanol–water partition coefficient (Wildman–Crippen LogP) is 14.1. The van der Waals surface area contributed by atoms with E-state index in [-0.39, 0.29) is 0 Å². The van der Waals surface area contributed by atoms with E-state index >= 15 is 0 Å². The van der Waals surface area contributed by atoms with E-state index in [0.717, 1.165) is 72.8 Å². The van der Waals surface area contributed by atoms with Gasteiger partial charge in [0, 0.05) is 38.4 Å². The highest BCUT2D eigenvalue weighted by atomic mass is 15.2. The first-order valence-electron chi connectivity index (χ1n) is 20.8. The van der Waals surface area contributed by atoms with Gasteiger partial charge in [0.2, 0.25) is 5.95 Å². The summed E-state index contributed by atoms with van der Waals surface area (Å²) in [7, 11) is 0. The Morgan fingerprint density at radius 1 is 0.367 bits per heavy atom. The van der Waals surface area contributed by atoms with Crippen LogP contribution in [0.2, 0.25) is 0 Å². The van der Waals surface area contributed by atoms with Crippen molar-refractivity contribution in [2.45, 2.75) is 26.2 Å². The van der Waals surface area contributed by atoms with Crippen molar-refractivity contribution in [3.8, 4) is 56.7 Å². The Morgan fingerprint density at radius 3 is 1.50 bits per heavy atom. The summed E-state index contributed by atoms with van der Waals surface area (Å²) >= 11 is 0. The second kappa shape index (κ2) is 14.9. The van der Waals surface area contributed by atoms with E-state index in [1.807, 2.05) is 18.2 Å². The van der Waals surface area contributed by atoms with Gasteiger partial charge in [-0.15, -0.1) is 0 Å². The minimum Gasteiger partial charge on any atom is -0.309 e. The third kappa shape index (κ3) is 6.23. The Labute approximate surface area is 348 Å². The number of nitrogens with zero attached hydrogens (tertiary/aromatic N) is 5. The van der Waals surface area contributed by atoms with Gasteiger partial charge < -0.3 is 4.57 Å². The van der Waals surface area contributed by atoms with Gasteiger partial charge in [0.15, 0.2) is 11.6 Å². The number of aryl methyl sites for hydroxylation is 1. The third-order valence-electron chi connectivity index (χ3n) is 11.7. The summed E-state index contributed by atoms with van der Waals surface area (Å²) in [5, 5.41) is 4.71. The van der Waals surface area contributed by atoms with Crippen LogP contribution < -0.4 is 0 Å². The highest BCUT2D eigenvalue weighted by Crippen LogP contribution is 2.40. The molecule has 3 aromatic heterocycles. The Morgan fingerprint density at radius 2 is 0.867 bits per heavy atom. The molecule has 0 radical (unpaired) electrons. The monoisotopic (exact) mass is 771 g/mol. The normalized spacial score (nSPS) is 11.6. The fraction of sp³-hybridized carbons (Fsp3) is 0.0727. The molecule has 286 valence electrons. The first-order valence-corrected chi connectivity index (χ1v) is 20.8. The zero-order valence-electron chi connectivity index (χ0n) is 33.3. The Balaban J connectivity index is 1.18. The summed E-state index contributed by atoms with van der Waals surface area (Å²) in [6.45, 7) is 2.24. The number of hydrogen-bond acceptors (Lipinski definition) is 3. The van der Waals surface area contributed by atoms with Gasteiger partial charge in [-0.05, 0) is 95.3 Å². The molecule has 0 aliphatic heterocycles. The van der Waals surface area contributed by atoms with Crippen molar-refractivity contribution >= 4 is 43.6 Å². The molecular formula is C55H41N5. The van der Waals surface area contributed by atoms with Crippen LogP contribution in [0.3, 0.4) is 0 Å². The fourth-order valence-electron chi connectivity index (χ4n) is 8.78. The van der Waals surface area contributed by atoms with Gasteiger partial charge >= 0.3 is 0 Å². The van der Waals surface area contributed by atoms with Gasteiger partial charge in [-0.1, -0.05) is 153 Å². The molecule has 0 bridgehead atoms. The first-order chi connectivity index (χ1) is 29.7. The lowest BCUT2D eigenvalue weighted by atomic mass is 9.95. The Bertz CT molecular complexity index is 3330. The lowest BCUT2D eigenvalue weighted by Gasteiger charge is -2.14. The number of fused-ring (bicyclic) bond motifs is 6. The second-order valence-electron chi connectivity index (χ2n) is 15.5. The average molecular weight is 772 g/mol. The van der Waals surface area contributed by atoms with Crippen LogP contribution in [0.25, 0.3) is 100 Å². The standard InChI is InChI=1S/C55H41N5/c1-2-3-17-37-28-30-39(31-29-37)42-32-41(38-18-7-4-8-19-38)33-43(34-42)54-56-53(40-20-9-5-10-21-40)57-55(58-54)60-50-27-16-14-25-46(50)48-35-47-45-24-13-15-26-49(45)59(51(47)36-52(48)60)44-22-11-6-12-23-44/h4-16,18-36H,2-3,17H2,1H3. The zero-order valence-corrected chi connectivity index (χ0v) is 33.3. The van der Waals surface area contributed by atoms with Crippen molar-refractivity contribution in [3.63, 3.8) is 0 Å². The summed E-state index contributed by atoms with van der Waals surface area (Å²) in [4.78, 5) is 16.0. The quantitative estimate of drug-likeness (QED) is 0.147. The van der Waals surface area contributed by atoms with Crippen molar-refractivity contribution in [2.75, 3.05) is 0 Å². The molecule has 0 saturated heterocycles. The number of para-hydroxylation sites is 3. The predicted molar refractivity (Wildman–Crippen MR) is 249 cm³/mol. The average Bonchev–Trinajstić information content (AvgIpc) is 3.82. The molecule has 0 atom stereocenters. The van der Waals surface area contributed by atoms with Crippen molar-refractivity contribution in [1.29, 1.82) is 0 Å². The number of benzene rings is 8. The summed E-state index contributed by atoms with van der Waals surface area (Å²) in [6, 6.07) is 69.2. The van der Waals surface area contributed by atoms with Crippen LogP contribution in [0.5, 0.6) is 0 Å². The summed E-state index contributed by atoms with van der Waals surface area (Å²) < 4.78 is 4.60. The van der Waals surface area contributed by atoms with Crippen LogP contribution in [-0.4, -0.2) is 24.1 Å². The topological polar surface area (TPSA) is 48.5 Å². The van der Waals surface area contributed by atoms with Gasteiger partial charge in [-0.2, -0.15) is 9.97 Å². The Kier molecular flexibility index (Phi) is 8.85. The van der Waals surface area contributed by atoms with Crippen molar-refractivity contribution < 1.29 is 0 Å². The minimum atomic E-state index is 0.568. The van der Waals surface area contributed by atoms with E-state index in [0.29, 0.717) is 17.6 Å². The highest BCUT2D eigenvalue weighted by Gasteiger charge is 2.21. The number of unbranched alkanes of at least 4 members (excludes halogenated alkanes) is 1. The molecule has 5 heteroatoms. The molecule has 0 fully saturated rings. The highest BCUT2D eigenvalue weighted by molar-refractivity contribution is 6.19. The minimum absolute atomic E-state index is 0.568. The van der Waals surface area contributed by atoms with Crippen LogP contribution in [0.15, 0.2) is 194 Å². The van der Waals surface area contributed by atoms with Crippen molar-refractivity contribution in [3.05, 3.63) is 200 Å². The van der Waals surface area contributed by atoms with Crippen LogP contribution in [0.4, 0.5) is 0 Å². The smallest absolute Gasteiger partial charge is 0.238 e. The van der Waals surface area contributed by atoms with Gasteiger partial charge in [0.1, 0.15) is 0 Å². The molecule has 11 rings (SSSR count). The summed E-state index contributed by atoms with van der Waals surface area (Å²) in [6.07, 6.45) is 3.46. The molecule has 3 heterocycles. The number of aromatic nitrogens is 5. The van der Waals surface area contributed by atoms with Crippen LogP contribution >= 0.6 is 0 Å². The van der Waals surface area contributed by atoms with Gasteiger partial charge in [-0.3, -0.25) is 4.57 Å². The summed E-state index contributed by atoms with van der Waals surface area (Å²) in [5.74, 6) is 1.80. The van der Waals surface area contributed by atoms with Crippen molar-refractivity contribution in [2.24, 2.45) is 0 Å². The van der Waals surface area contributed by atoms with E-state index in [1.54, 1.807) is 0 Å². The van der Waals surface area contributed by atoms with Crippen LogP contribution in [0, 0.1) is 0 Å². The molecule has 60 heavy (non-hydrogen) atoms. The SMILES string of the molecule is CCCCc1ccc(-c2cc(-c3ccccc3)cc(-c3nc(-c4ccccc4)nc(-n4c5ccccc5c5cc6c7ccccc7n(-c7ccccc7)c6cc54)n3)c2)cc1. The van der Waals surface area contributed by atoms with E-state index in [1.165, 1.54) is 34.7 Å². The zero-order chi connectivity index (χ0) is 40.0. The lowest BCUT2D eigenvalue weighted by Crippen LogP contribution is -2.06.